The van der Waals surface area contributed by atoms with Gasteiger partial charge in [-0.15, -0.1) is 0 Å². The minimum Gasteiger partial charge on any atom is -0.478 e. The highest BCUT2D eigenvalue weighted by atomic mass is 19.4. The molecule has 0 amide bonds. The molecule has 2 aromatic rings. The first-order chi connectivity index (χ1) is 9.70. The molecule has 0 unspecified atom stereocenters. The summed E-state index contributed by atoms with van der Waals surface area (Å²) in [5.41, 5.74) is -2.29. The summed E-state index contributed by atoms with van der Waals surface area (Å²) >= 11 is 0. The van der Waals surface area contributed by atoms with Crippen LogP contribution in [0.25, 0.3) is 11.1 Å². The first-order valence-electron chi connectivity index (χ1n) is 5.60. The highest BCUT2D eigenvalue weighted by Gasteiger charge is 2.34. The van der Waals surface area contributed by atoms with Crippen molar-refractivity contribution in [3.63, 3.8) is 0 Å². The van der Waals surface area contributed by atoms with E-state index in [9.17, 15) is 26.7 Å². The number of carboxylic acid groups (broad SMARTS) is 1. The normalized spacial score (nSPS) is 11.5. The smallest absolute Gasteiger partial charge is 0.419 e. The summed E-state index contributed by atoms with van der Waals surface area (Å²) in [5, 5.41) is 8.69. The number of hydrogen-bond acceptors (Lipinski definition) is 1. The molecule has 2 rings (SSSR count). The lowest BCUT2D eigenvalue weighted by Crippen LogP contribution is -2.08. The Bertz CT molecular complexity index is 707. The maximum atomic E-state index is 13.8. The van der Waals surface area contributed by atoms with Gasteiger partial charge in [-0.1, -0.05) is 12.1 Å². The summed E-state index contributed by atoms with van der Waals surface area (Å²) in [7, 11) is 0. The molecule has 0 heterocycles. The van der Waals surface area contributed by atoms with E-state index < -0.39 is 29.3 Å². The average molecular weight is 302 g/mol. The highest BCUT2D eigenvalue weighted by molar-refractivity contribution is 5.88. The van der Waals surface area contributed by atoms with Gasteiger partial charge in [-0.2, -0.15) is 13.2 Å². The Morgan fingerprint density at radius 2 is 1.62 bits per heavy atom. The van der Waals surface area contributed by atoms with Gasteiger partial charge in [0.25, 0.3) is 0 Å². The summed E-state index contributed by atoms with van der Waals surface area (Å²) < 4.78 is 64.8. The second kappa shape index (κ2) is 5.16. The standard InChI is InChI=1S/C14H7F5O2/c15-11-4-2-7(5-10(11)14(17,18)19)9-3-1-8(13(20)21)6-12(9)16/h1-6H,(H,20,21). The van der Waals surface area contributed by atoms with E-state index in [1.54, 1.807) is 0 Å². The van der Waals surface area contributed by atoms with Crippen LogP contribution in [-0.4, -0.2) is 11.1 Å². The summed E-state index contributed by atoms with van der Waals surface area (Å²) in [6, 6.07) is 4.83. The summed E-state index contributed by atoms with van der Waals surface area (Å²) in [6.45, 7) is 0. The third-order valence-corrected chi connectivity index (χ3v) is 2.80. The predicted octanol–water partition coefficient (Wildman–Crippen LogP) is 4.35. The Morgan fingerprint density at radius 1 is 0.952 bits per heavy atom. The lowest BCUT2D eigenvalue weighted by atomic mass is 10.0. The van der Waals surface area contributed by atoms with Gasteiger partial charge in [0.05, 0.1) is 11.1 Å². The lowest BCUT2D eigenvalue weighted by Gasteiger charge is -2.11. The van der Waals surface area contributed by atoms with Gasteiger partial charge < -0.3 is 5.11 Å². The number of hydrogen-bond donors (Lipinski definition) is 1. The van der Waals surface area contributed by atoms with Crippen LogP contribution >= 0.6 is 0 Å². The zero-order valence-corrected chi connectivity index (χ0v) is 10.2. The Kier molecular flexibility index (Phi) is 3.67. The van der Waals surface area contributed by atoms with Crippen molar-refractivity contribution in [1.29, 1.82) is 0 Å². The summed E-state index contributed by atoms with van der Waals surface area (Å²) in [6.07, 6.45) is -4.91. The average Bonchev–Trinajstić information content (AvgIpc) is 2.38. The summed E-state index contributed by atoms with van der Waals surface area (Å²) in [4.78, 5) is 10.7. The maximum Gasteiger partial charge on any atom is 0.419 e. The van der Waals surface area contributed by atoms with E-state index in [0.29, 0.717) is 18.2 Å². The molecule has 0 aliphatic carbocycles. The molecule has 0 saturated carbocycles. The van der Waals surface area contributed by atoms with Gasteiger partial charge in [0, 0.05) is 5.56 Å². The molecule has 7 heteroatoms. The second-order valence-electron chi connectivity index (χ2n) is 4.19. The van der Waals surface area contributed by atoms with Crippen LogP contribution in [0.3, 0.4) is 0 Å². The molecular formula is C14H7F5O2. The van der Waals surface area contributed by atoms with Gasteiger partial charge in [-0.3, -0.25) is 0 Å². The van der Waals surface area contributed by atoms with Crippen molar-refractivity contribution >= 4 is 5.97 Å². The fourth-order valence-corrected chi connectivity index (χ4v) is 1.79. The molecule has 2 aromatic carbocycles. The first kappa shape index (κ1) is 15.0. The zero-order chi connectivity index (χ0) is 15.8. The van der Waals surface area contributed by atoms with Crippen molar-refractivity contribution in [2.24, 2.45) is 0 Å². The Morgan fingerprint density at radius 3 is 2.14 bits per heavy atom. The molecule has 0 aliphatic heterocycles. The number of rotatable bonds is 2. The Hall–Kier alpha value is -2.44. The number of carboxylic acids is 1. The topological polar surface area (TPSA) is 37.3 Å². The summed E-state index contributed by atoms with van der Waals surface area (Å²) in [5.74, 6) is -3.83. The number of benzene rings is 2. The molecule has 0 atom stereocenters. The SMILES string of the molecule is O=C(O)c1ccc(-c2ccc(F)c(C(F)(F)F)c2)c(F)c1. The van der Waals surface area contributed by atoms with Crippen LogP contribution in [0.1, 0.15) is 15.9 Å². The van der Waals surface area contributed by atoms with E-state index in [-0.39, 0.29) is 16.7 Å². The third-order valence-electron chi connectivity index (χ3n) is 2.80. The van der Waals surface area contributed by atoms with E-state index in [1.165, 1.54) is 0 Å². The van der Waals surface area contributed by atoms with E-state index in [2.05, 4.69) is 0 Å². The maximum absolute atomic E-state index is 13.8. The minimum atomic E-state index is -4.91. The van der Waals surface area contributed by atoms with E-state index in [4.69, 9.17) is 5.11 Å². The molecule has 2 nitrogen and oxygen atoms in total. The molecule has 0 spiro atoms. The molecular weight excluding hydrogens is 295 g/mol. The monoisotopic (exact) mass is 302 g/mol. The van der Waals surface area contributed by atoms with Crippen LogP contribution in [0.15, 0.2) is 36.4 Å². The van der Waals surface area contributed by atoms with Crippen LogP contribution in [0.5, 0.6) is 0 Å². The van der Waals surface area contributed by atoms with Crippen molar-refractivity contribution in [2.75, 3.05) is 0 Å². The molecule has 21 heavy (non-hydrogen) atoms. The van der Waals surface area contributed by atoms with Crippen molar-refractivity contribution in [3.05, 3.63) is 59.2 Å². The van der Waals surface area contributed by atoms with E-state index >= 15 is 0 Å². The molecule has 0 fully saturated rings. The first-order valence-corrected chi connectivity index (χ1v) is 5.60. The fraction of sp³-hybridized carbons (Fsp3) is 0.0714. The van der Waals surface area contributed by atoms with Crippen molar-refractivity contribution in [3.8, 4) is 11.1 Å². The fourth-order valence-electron chi connectivity index (χ4n) is 1.79. The molecule has 0 radical (unpaired) electrons. The van der Waals surface area contributed by atoms with Gasteiger partial charge >= 0.3 is 12.1 Å². The zero-order valence-electron chi connectivity index (χ0n) is 10.2. The van der Waals surface area contributed by atoms with E-state index in [1.807, 2.05) is 0 Å². The van der Waals surface area contributed by atoms with Gasteiger partial charge in [0.2, 0.25) is 0 Å². The van der Waals surface area contributed by atoms with Crippen LogP contribution in [0, 0.1) is 11.6 Å². The quantitative estimate of drug-likeness (QED) is 0.837. The Labute approximate surface area is 115 Å². The number of alkyl halides is 3. The molecule has 110 valence electrons. The Balaban J connectivity index is 2.55. The molecule has 0 aromatic heterocycles. The van der Waals surface area contributed by atoms with Crippen LogP contribution in [-0.2, 0) is 6.18 Å². The number of aromatic carboxylic acids is 1. The van der Waals surface area contributed by atoms with Crippen molar-refractivity contribution in [1.82, 2.24) is 0 Å². The van der Waals surface area contributed by atoms with Crippen LogP contribution in [0.4, 0.5) is 22.0 Å². The van der Waals surface area contributed by atoms with Crippen molar-refractivity contribution < 1.29 is 31.9 Å². The van der Waals surface area contributed by atoms with Crippen molar-refractivity contribution in [2.45, 2.75) is 6.18 Å². The van der Waals surface area contributed by atoms with Gasteiger partial charge in [-0.25, -0.2) is 13.6 Å². The minimum absolute atomic E-state index is 0.196. The van der Waals surface area contributed by atoms with Gasteiger partial charge in [0.15, 0.2) is 0 Å². The van der Waals surface area contributed by atoms with Crippen LogP contribution < -0.4 is 0 Å². The second-order valence-corrected chi connectivity index (χ2v) is 4.19. The molecule has 0 aliphatic rings. The van der Waals surface area contributed by atoms with Crippen LogP contribution in [0.2, 0.25) is 0 Å². The largest absolute Gasteiger partial charge is 0.478 e. The molecule has 1 N–H and O–H groups in total. The highest BCUT2D eigenvalue weighted by Crippen LogP contribution is 2.35. The van der Waals surface area contributed by atoms with Gasteiger partial charge in [-0.05, 0) is 29.8 Å². The van der Waals surface area contributed by atoms with E-state index in [0.717, 1.165) is 18.2 Å². The third kappa shape index (κ3) is 3.01. The molecule has 0 saturated heterocycles. The van der Waals surface area contributed by atoms with Gasteiger partial charge in [0.1, 0.15) is 11.6 Å². The molecule has 0 bridgehead atoms. The number of halogens is 5. The number of carbonyl (C=O) groups is 1. The lowest BCUT2D eigenvalue weighted by molar-refractivity contribution is -0.139. The predicted molar refractivity (Wildman–Crippen MR) is 63.8 cm³/mol.